The molecule has 0 aliphatic heterocycles. The lowest BCUT2D eigenvalue weighted by Gasteiger charge is -2.38. The van der Waals surface area contributed by atoms with Gasteiger partial charge in [-0.25, -0.2) is 0 Å². The molecule has 1 aromatic carbocycles. The molecule has 2 N–H and O–H groups in total. The molecule has 0 saturated heterocycles. The van der Waals surface area contributed by atoms with Crippen molar-refractivity contribution in [1.29, 1.82) is 0 Å². The van der Waals surface area contributed by atoms with Crippen molar-refractivity contribution in [2.75, 3.05) is 6.54 Å². The molecule has 24 heavy (non-hydrogen) atoms. The van der Waals surface area contributed by atoms with Crippen LogP contribution in [0.25, 0.3) is 0 Å². The van der Waals surface area contributed by atoms with Gasteiger partial charge in [-0.1, -0.05) is 30.3 Å². The van der Waals surface area contributed by atoms with Crippen LogP contribution in [0.1, 0.15) is 35.8 Å². The first-order valence-corrected chi connectivity index (χ1v) is 9.17. The van der Waals surface area contributed by atoms with Crippen molar-refractivity contribution < 1.29 is 9.59 Å². The fraction of sp³-hybridized carbons (Fsp3) is 0.368. The number of carbonyl (C=O) groups excluding carboxylic acids is 2. The largest absolute Gasteiger partial charge is 0.353 e. The molecule has 1 aliphatic rings. The van der Waals surface area contributed by atoms with Gasteiger partial charge in [0.05, 0.1) is 0 Å². The zero-order valence-corrected chi connectivity index (χ0v) is 14.6. The summed E-state index contributed by atoms with van der Waals surface area (Å²) in [5, 5.41) is 8.01. The fourth-order valence-electron chi connectivity index (χ4n) is 3.46. The van der Waals surface area contributed by atoms with Crippen LogP contribution in [0.5, 0.6) is 0 Å². The van der Waals surface area contributed by atoms with Crippen molar-refractivity contribution in [3.63, 3.8) is 0 Å². The Kier molecular flexibility index (Phi) is 5.00. The minimum atomic E-state index is -0.948. The molecule has 2 aromatic rings. The molecule has 0 saturated carbocycles. The average Bonchev–Trinajstić information content (AvgIpc) is 3.08. The second kappa shape index (κ2) is 7.18. The predicted molar refractivity (Wildman–Crippen MR) is 95.9 cm³/mol. The summed E-state index contributed by atoms with van der Waals surface area (Å²) in [6, 6.07) is 12.0. The minimum Gasteiger partial charge on any atom is -0.353 e. The van der Waals surface area contributed by atoms with Crippen molar-refractivity contribution >= 4 is 23.2 Å². The van der Waals surface area contributed by atoms with Crippen LogP contribution in [-0.2, 0) is 28.0 Å². The summed E-state index contributed by atoms with van der Waals surface area (Å²) in [6.45, 7) is 2.04. The summed E-state index contributed by atoms with van der Waals surface area (Å²) in [5.74, 6) is -0.290. The Labute approximate surface area is 146 Å². The first kappa shape index (κ1) is 16.7. The van der Waals surface area contributed by atoms with Gasteiger partial charge in [0.2, 0.25) is 11.8 Å². The van der Waals surface area contributed by atoms with E-state index in [1.54, 1.807) is 11.3 Å². The molecule has 4 nitrogen and oxygen atoms in total. The summed E-state index contributed by atoms with van der Waals surface area (Å²) in [6.07, 6.45) is 3.27. The molecule has 3 rings (SSSR count). The number of carbonyl (C=O) groups is 2. The molecular weight excluding hydrogens is 320 g/mol. The summed E-state index contributed by atoms with van der Waals surface area (Å²) >= 11 is 1.69. The Balaban J connectivity index is 1.81. The summed E-state index contributed by atoms with van der Waals surface area (Å²) in [7, 11) is 0. The van der Waals surface area contributed by atoms with Crippen LogP contribution < -0.4 is 10.6 Å². The lowest BCUT2D eigenvalue weighted by Crippen LogP contribution is -2.57. The van der Waals surface area contributed by atoms with Gasteiger partial charge in [0.1, 0.15) is 5.54 Å². The standard InChI is InChI=1S/C19H22N2O2S/c1-14(22)21-19(11-4-7-15-6-2-3-9-17(15)19)18(23)20-12-10-16-8-5-13-24-16/h2-3,5-6,8-9,13H,4,7,10-12H2,1H3,(H,20,23)(H,21,22)/t19-/m1/s1. The highest BCUT2D eigenvalue weighted by molar-refractivity contribution is 7.09. The van der Waals surface area contributed by atoms with Crippen molar-refractivity contribution in [1.82, 2.24) is 10.6 Å². The molecule has 1 atom stereocenters. The SMILES string of the molecule is CC(=O)N[C@]1(C(=O)NCCc2cccs2)CCCc2ccccc21. The first-order valence-electron chi connectivity index (χ1n) is 8.29. The number of rotatable bonds is 5. The lowest BCUT2D eigenvalue weighted by molar-refractivity contribution is -0.134. The monoisotopic (exact) mass is 342 g/mol. The molecule has 0 unspecified atom stereocenters. The molecule has 1 heterocycles. The smallest absolute Gasteiger partial charge is 0.250 e. The van der Waals surface area contributed by atoms with Crippen molar-refractivity contribution in [3.05, 3.63) is 57.8 Å². The third kappa shape index (κ3) is 3.36. The van der Waals surface area contributed by atoms with E-state index in [9.17, 15) is 9.59 Å². The Morgan fingerprint density at radius 1 is 1.21 bits per heavy atom. The maximum absolute atomic E-state index is 13.0. The van der Waals surface area contributed by atoms with E-state index < -0.39 is 5.54 Å². The van der Waals surface area contributed by atoms with Gasteiger partial charge in [-0.2, -0.15) is 0 Å². The maximum atomic E-state index is 13.0. The Morgan fingerprint density at radius 2 is 2.04 bits per heavy atom. The van der Waals surface area contributed by atoms with Crippen molar-refractivity contribution in [2.24, 2.45) is 0 Å². The van der Waals surface area contributed by atoms with Crippen LogP contribution in [0.3, 0.4) is 0 Å². The number of nitrogens with one attached hydrogen (secondary N) is 2. The van der Waals surface area contributed by atoms with E-state index in [1.807, 2.05) is 35.7 Å². The highest BCUT2D eigenvalue weighted by atomic mass is 32.1. The van der Waals surface area contributed by atoms with E-state index in [1.165, 1.54) is 11.8 Å². The molecular formula is C19H22N2O2S. The van der Waals surface area contributed by atoms with Crippen LogP contribution in [0, 0.1) is 0 Å². The Bertz CT molecular complexity index is 727. The van der Waals surface area contributed by atoms with Crippen LogP contribution in [0.15, 0.2) is 41.8 Å². The first-order chi connectivity index (χ1) is 11.6. The van der Waals surface area contributed by atoms with E-state index in [0.717, 1.165) is 30.4 Å². The highest BCUT2D eigenvalue weighted by Gasteiger charge is 2.43. The predicted octanol–water partition coefficient (Wildman–Crippen LogP) is 2.77. The summed E-state index contributed by atoms with van der Waals surface area (Å²) in [5.41, 5.74) is 1.13. The van der Waals surface area contributed by atoms with Gasteiger partial charge in [-0.15, -0.1) is 11.3 Å². The molecule has 1 aromatic heterocycles. The molecule has 0 spiro atoms. The zero-order valence-electron chi connectivity index (χ0n) is 13.8. The topological polar surface area (TPSA) is 58.2 Å². The van der Waals surface area contributed by atoms with E-state index in [4.69, 9.17) is 0 Å². The molecule has 2 amide bonds. The van der Waals surface area contributed by atoms with Crippen LogP contribution >= 0.6 is 11.3 Å². The third-order valence-corrected chi connectivity index (χ3v) is 5.43. The third-order valence-electron chi connectivity index (χ3n) is 4.49. The fourth-order valence-corrected chi connectivity index (χ4v) is 4.17. The molecule has 0 radical (unpaired) electrons. The van der Waals surface area contributed by atoms with Gasteiger partial charge < -0.3 is 10.6 Å². The van der Waals surface area contributed by atoms with Gasteiger partial charge in [0, 0.05) is 18.3 Å². The van der Waals surface area contributed by atoms with Gasteiger partial charge >= 0.3 is 0 Å². The van der Waals surface area contributed by atoms with Crippen molar-refractivity contribution in [3.8, 4) is 0 Å². The van der Waals surface area contributed by atoms with E-state index >= 15 is 0 Å². The highest BCUT2D eigenvalue weighted by Crippen LogP contribution is 2.35. The molecule has 126 valence electrons. The van der Waals surface area contributed by atoms with Gasteiger partial charge in [0.15, 0.2) is 0 Å². The molecule has 1 aliphatic carbocycles. The second-order valence-electron chi connectivity index (χ2n) is 6.18. The Morgan fingerprint density at radius 3 is 2.79 bits per heavy atom. The van der Waals surface area contributed by atoms with Gasteiger partial charge in [0.25, 0.3) is 0 Å². The van der Waals surface area contributed by atoms with E-state index in [0.29, 0.717) is 13.0 Å². The van der Waals surface area contributed by atoms with Gasteiger partial charge in [-0.05, 0) is 48.3 Å². The zero-order chi connectivity index (χ0) is 17.0. The number of thiophene rings is 1. The van der Waals surface area contributed by atoms with Crippen LogP contribution in [0.4, 0.5) is 0 Å². The number of benzene rings is 1. The Hall–Kier alpha value is -2.14. The van der Waals surface area contributed by atoms with Crippen molar-refractivity contribution in [2.45, 2.75) is 38.1 Å². The second-order valence-corrected chi connectivity index (χ2v) is 7.21. The number of hydrogen-bond donors (Lipinski definition) is 2. The van der Waals surface area contributed by atoms with E-state index in [2.05, 4.69) is 16.7 Å². The van der Waals surface area contributed by atoms with Crippen LogP contribution in [-0.4, -0.2) is 18.4 Å². The lowest BCUT2D eigenvalue weighted by atomic mass is 9.75. The van der Waals surface area contributed by atoms with E-state index in [-0.39, 0.29) is 11.8 Å². The summed E-state index contributed by atoms with van der Waals surface area (Å²) < 4.78 is 0. The molecule has 5 heteroatoms. The average molecular weight is 342 g/mol. The quantitative estimate of drug-likeness (QED) is 0.878. The molecule has 0 bridgehead atoms. The maximum Gasteiger partial charge on any atom is 0.250 e. The molecule has 0 fully saturated rings. The number of amides is 2. The minimum absolute atomic E-state index is 0.110. The summed E-state index contributed by atoms with van der Waals surface area (Å²) in [4.78, 5) is 26.1. The number of hydrogen-bond acceptors (Lipinski definition) is 3. The van der Waals surface area contributed by atoms with Crippen LogP contribution in [0.2, 0.25) is 0 Å². The van der Waals surface area contributed by atoms with Gasteiger partial charge in [-0.3, -0.25) is 9.59 Å². The number of fused-ring (bicyclic) bond motifs is 1. The normalized spacial score (nSPS) is 19.4. The number of aryl methyl sites for hydroxylation is 1.